The molecule has 0 amide bonds. The van der Waals surface area contributed by atoms with Crippen LogP contribution in [-0.2, 0) is 0 Å². The van der Waals surface area contributed by atoms with Crippen LogP contribution in [0, 0.1) is 24.1 Å². The summed E-state index contributed by atoms with van der Waals surface area (Å²) in [5.74, 6) is -0.217. The molecule has 0 spiro atoms. The standard InChI is InChI=1S/C11H8ClFN4/c1-6-2-10(8(12)3-9(6)13)17-11(15)7(4-14)5-16-17/h2-3,5H,15H2,1H3. The Kier molecular flexibility index (Phi) is 2.74. The molecule has 1 heterocycles. The minimum Gasteiger partial charge on any atom is -0.382 e. The first-order chi connectivity index (χ1) is 8.04. The zero-order chi connectivity index (χ0) is 12.6. The molecule has 4 nitrogen and oxygen atoms in total. The quantitative estimate of drug-likeness (QED) is 0.845. The van der Waals surface area contributed by atoms with Gasteiger partial charge in [0.15, 0.2) is 0 Å². The van der Waals surface area contributed by atoms with Crippen LogP contribution in [-0.4, -0.2) is 9.78 Å². The summed E-state index contributed by atoms with van der Waals surface area (Å²) >= 11 is 5.92. The lowest BCUT2D eigenvalue weighted by Gasteiger charge is -2.08. The van der Waals surface area contributed by atoms with Crippen LogP contribution in [0.3, 0.4) is 0 Å². The topological polar surface area (TPSA) is 67.6 Å². The Labute approximate surface area is 102 Å². The van der Waals surface area contributed by atoms with Gasteiger partial charge in [0.2, 0.25) is 0 Å². The molecule has 0 fully saturated rings. The zero-order valence-corrected chi connectivity index (χ0v) is 9.66. The summed E-state index contributed by atoms with van der Waals surface area (Å²) in [6.07, 6.45) is 1.34. The largest absolute Gasteiger partial charge is 0.382 e. The van der Waals surface area contributed by atoms with E-state index < -0.39 is 5.82 Å². The molecule has 0 bridgehead atoms. The van der Waals surface area contributed by atoms with Gasteiger partial charge in [0.05, 0.1) is 16.9 Å². The van der Waals surface area contributed by atoms with Crippen molar-refractivity contribution < 1.29 is 4.39 Å². The number of aryl methyl sites for hydroxylation is 1. The third-order valence-electron chi connectivity index (χ3n) is 2.38. The predicted molar refractivity (Wildman–Crippen MR) is 62.4 cm³/mol. The number of benzene rings is 1. The van der Waals surface area contributed by atoms with E-state index in [4.69, 9.17) is 22.6 Å². The normalized spacial score (nSPS) is 10.2. The number of nitrogens with zero attached hydrogens (tertiary/aromatic N) is 3. The van der Waals surface area contributed by atoms with Crippen LogP contribution in [0.25, 0.3) is 5.69 Å². The molecule has 0 radical (unpaired) electrons. The van der Waals surface area contributed by atoms with Crippen LogP contribution < -0.4 is 5.73 Å². The second-order valence-electron chi connectivity index (χ2n) is 3.52. The van der Waals surface area contributed by atoms with Gasteiger partial charge in [-0.2, -0.15) is 10.4 Å². The molecule has 0 aliphatic rings. The highest BCUT2D eigenvalue weighted by Crippen LogP contribution is 2.26. The molecule has 0 saturated carbocycles. The van der Waals surface area contributed by atoms with E-state index in [0.717, 1.165) is 0 Å². The lowest BCUT2D eigenvalue weighted by atomic mass is 10.2. The van der Waals surface area contributed by atoms with Gasteiger partial charge in [-0.05, 0) is 24.6 Å². The van der Waals surface area contributed by atoms with Gasteiger partial charge in [-0.3, -0.25) is 0 Å². The zero-order valence-electron chi connectivity index (χ0n) is 8.91. The van der Waals surface area contributed by atoms with Gasteiger partial charge in [0, 0.05) is 0 Å². The first kappa shape index (κ1) is 11.4. The van der Waals surface area contributed by atoms with Gasteiger partial charge in [-0.15, -0.1) is 0 Å². The van der Waals surface area contributed by atoms with Crippen molar-refractivity contribution in [2.75, 3.05) is 5.73 Å². The fourth-order valence-corrected chi connectivity index (χ4v) is 1.67. The number of nitriles is 1. The van der Waals surface area contributed by atoms with Crippen LogP contribution in [0.5, 0.6) is 0 Å². The third-order valence-corrected chi connectivity index (χ3v) is 2.69. The number of hydrogen-bond acceptors (Lipinski definition) is 3. The minimum atomic E-state index is -0.398. The number of halogens is 2. The molecule has 0 unspecified atom stereocenters. The molecule has 17 heavy (non-hydrogen) atoms. The Bertz CT molecular complexity index is 627. The first-order valence-electron chi connectivity index (χ1n) is 4.74. The Morgan fingerprint density at radius 1 is 1.53 bits per heavy atom. The van der Waals surface area contributed by atoms with Crippen molar-refractivity contribution in [2.24, 2.45) is 0 Å². The monoisotopic (exact) mass is 250 g/mol. The van der Waals surface area contributed by atoms with Crippen molar-refractivity contribution in [3.8, 4) is 11.8 Å². The Morgan fingerprint density at radius 3 is 2.82 bits per heavy atom. The van der Waals surface area contributed by atoms with Crippen molar-refractivity contribution in [2.45, 2.75) is 6.92 Å². The fourth-order valence-electron chi connectivity index (χ4n) is 1.44. The average Bonchev–Trinajstić information content (AvgIpc) is 2.65. The summed E-state index contributed by atoms with van der Waals surface area (Å²) in [5.41, 5.74) is 6.86. The van der Waals surface area contributed by atoms with Gasteiger partial charge < -0.3 is 5.73 Å². The smallest absolute Gasteiger partial charge is 0.145 e. The lowest BCUT2D eigenvalue weighted by Crippen LogP contribution is -2.04. The average molecular weight is 251 g/mol. The number of nitrogens with two attached hydrogens (primary N) is 1. The second-order valence-corrected chi connectivity index (χ2v) is 3.93. The van der Waals surface area contributed by atoms with E-state index in [1.165, 1.54) is 23.0 Å². The molecule has 0 aliphatic carbocycles. The summed E-state index contributed by atoms with van der Waals surface area (Å²) in [6, 6.07) is 4.63. The molecule has 0 aliphatic heterocycles. The van der Waals surface area contributed by atoms with Crippen molar-refractivity contribution >= 4 is 17.4 Å². The summed E-state index contributed by atoms with van der Waals surface area (Å²) < 4.78 is 14.6. The third kappa shape index (κ3) is 1.83. The van der Waals surface area contributed by atoms with Crippen LogP contribution in [0.2, 0.25) is 5.02 Å². The molecule has 1 aromatic carbocycles. The lowest BCUT2D eigenvalue weighted by molar-refractivity contribution is 0.617. The van der Waals surface area contributed by atoms with Gasteiger partial charge in [-0.25, -0.2) is 9.07 Å². The molecule has 1 aromatic heterocycles. The molecule has 2 rings (SSSR count). The highest BCUT2D eigenvalue weighted by molar-refractivity contribution is 6.32. The maximum atomic E-state index is 13.2. The number of anilines is 1. The minimum absolute atomic E-state index is 0.181. The van der Waals surface area contributed by atoms with Crippen molar-refractivity contribution in [3.05, 3.63) is 40.3 Å². The highest BCUT2D eigenvalue weighted by Gasteiger charge is 2.13. The molecule has 2 N–H and O–H groups in total. The second kappa shape index (κ2) is 4.07. The van der Waals surface area contributed by atoms with E-state index in [1.54, 1.807) is 6.92 Å². The van der Waals surface area contributed by atoms with E-state index in [1.807, 2.05) is 6.07 Å². The van der Waals surface area contributed by atoms with Crippen molar-refractivity contribution in [3.63, 3.8) is 0 Å². The molecule has 0 atom stereocenters. The summed E-state index contributed by atoms with van der Waals surface area (Å²) in [4.78, 5) is 0. The van der Waals surface area contributed by atoms with Gasteiger partial charge in [-0.1, -0.05) is 11.6 Å². The molecule has 2 aromatic rings. The van der Waals surface area contributed by atoms with Crippen LogP contribution in [0.1, 0.15) is 11.1 Å². The summed E-state index contributed by atoms with van der Waals surface area (Å²) in [7, 11) is 0. The van der Waals surface area contributed by atoms with E-state index in [2.05, 4.69) is 5.10 Å². The SMILES string of the molecule is Cc1cc(-n2ncc(C#N)c2N)c(Cl)cc1F. The number of aromatic nitrogens is 2. The molecular weight excluding hydrogens is 243 g/mol. The Morgan fingerprint density at radius 2 is 2.24 bits per heavy atom. The highest BCUT2D eigenvalue weighted by atomic mass is 35.5. The maximum Gasteiger partial charge on any atom is 0.145 e. The molecule has 6 heteroatoms. The predicted octanol–water partition coefficient (Wildman–Crippen LogP) is 2.43. The van der Waals surface area contributed by atoms with Crippen LogP contribution in [0.15, 0.2) is 18.3 Å². The maximum absolute atomic E-state index is 13.2. The van der Waals surface area contributed by atoms with E-state index in [0.29, 0.717) is 11.3 Å². The van der Waals surface area contributed by atoms with E-state index in [-0.39, 0.29) is 16.4 Å². The first-order valence-corrected chi connectivity index (χ1v) is 5.12. The number of hydrogen-bond donors (Lipinski definition) is 1. The van der Waals surface area contributed by atoms with E-state index >= 15 is 0 Å². The van der Waals surface area contributed by atoms with Crippen LogP contribution >= 0.6 is 11.6 Å². The van der Waals surface area contributed by atoms with Gasteiger partial charge >= 0.3 is 0 Å². The summed E-state index contributed by atoms with van der Waals surface area (Å²) in [5, 5.41) is 12.9. The Balaban J connectivity index is 2.65. The van der Waals surface area contributed by atoms with Gasteiger partial charge in [0.25, 0.3) is 0 Å². The van der Waals surface area contributed by atoms with Crippen LogP contribution in [0.4, 0.5) is 10.2 Å². The molecular formula is C11H8ClFN4. The van der Waals surface area contributed by atoms with Gasteiger partial charge in [0.1, 0.15) is 23.3 Å². The Hall–Kier alpha value is -2.06. The fraction of sp³-hybridized carbons (Fsp3) is 0.0909. The molecule has 86 valence electrons. The van der Waals surface area contributed by atoms with Crippen molar-refractivity contribution in [1.82, 2.24) is 9.78 Å². The van der Waals surface area contributed by atoms with E-state index in [9.17, 15) is 4.39 Å². The summed E-state index contributed by atoms with van der Waals surface area (Å²) in [6.45, 7) is 1.61. The van der Waals surface area contributed by atoms with Crippen molar-refractivity contribution in [1.29, 1.82) is 5.26 Å². The number of rotatable bonds is 1. The molecule has 0 saturated heterocycles. The number of nitrogen functional groups attached to an aromatic ring is 1.